The standard InChI is InChI=1S/C34H43FN4O4/c1-5-39(28-8-12-42-13-9-28)32-19-27(25-6-7-26(31(35)18-25)21-38-10-14-43-15-11-38)17-29(24(32)4)33(40)36-20-30-22(2)16-23(3)37-34(30)41/h6-7,16-19,28,30H,5,8-15,20-21H2,1-4H3,(H,36,40). The quantitative estimate of drug-likeness (QED) is 0.446. The van der Waals surface area contributed by atoms with Gasteiger partial charge in [0.15, 0.2) is 0 Å². The van der Waals surface area contributed by atoms with E-state index >= 15 is 4.39 Å². The van der Waals surface area contributed by atoms with E-state index < -0.39 is 5.92 Å². The number of amides is 2. The van der Waals surface area contributed by atoms with E-state index in [1.54, 1.807) is 13.0 Å². The van der Waals surface area contributed by atoms with Gasteiger partial charge in [-0.15, -0.1) is 0 Å². The van der Waals surface area contributed by atoms with Crippen LogP contribution >= 0.6 is 0 Å². The van der Waals surface area contributed by atoms with Crippen LogP contribution in [0.4, 0.5) is 10.1 Å². The average Bonchev–Trinajstić information content (AvgIpc) is 3.00. The number of halogens is 1. The topological polar surface area (TPSA) is 83.5 Å². The van der Waals surface area contributed by atoms with Crippen LogP contribution in [0.1, 0.15) is 55.1 Å². The minimum Gasteiger partial charge on any atom is -0.381 e. The lowest BCUT2D eigenvalue weighted by atomic mass is 9.93. The SMILES string of the molecule is CCN(c1cc(-c2ccc(CN3CCOCC3)c(F)c2)cc(C(=O)NCC2C(=O)N=C(C)C=C2C)c1C)C1CCOCC1. The van der Waals surface area contributed by atoms with Gasteiger partial charge in [0.25, 0.3) is 11.8 Å². The Kier molecular flexibility index (Phi) is 10.1. The number of carbonyl (C=O) groups excluding carboxylic acids is 2. The van der Waals surface area contributed by atoms with Crippen LogP contribution < -0.4 is 10.2 Å². The van der Waals surface area contributed by atoms with Crippen molar-refractivity contribution >= 4 is 23.2 Å². The van der Waals surface area contributed by atoms with Crippen LogP contribution in [-0.2, 0) is 20.8 Å². The van der Waals surface area contributed by atoms with Crippen molar-refractivity contribution in [3.8, 4) is 11.1 Å². The van der Waals surface area contributed by atoms with Crippen LogP contribution in [0.2, 0.25) is 0 Å². The summed E-state index contributed by atoms with van der Waals surface area (Å²) in [5.74, 6) is -1.26. The maximum atomic E-state index is 15.5. The highest BCUT2D eigenvalue weighted by molar-refractivity contribution is 6.06. The molecule has 1 N–H and O–H groups in total. The van der Waals surface area contributed by atoms with E-state index in [9.17, 15) is 9.59 Å². The number of hydrogen-bond donors (Lipinski definition) is 1. The molecule has 0 bridgehead atoms. The molecule has 0 saturated carbocycles. The fourth-order valence-corrected chi connectivity index (χ4v) is 6.32. The molecule has 3 aliphatic heterocycles. The lowest BCUT2D eigenvalue weighted by molar-refractivity contribution is -0.120. The monoisotopic (exact) mass is 590 g/mol. The summed E-state index contributed by atoms with van der Waals surface area (Å²) < 4.78 is 26.5. The Bertz CT molecular complexity index is 1410. The highest BCUT2D eigenvalue weighted by Gasteiger charge is 2.27. The van der Waals surface area contributed by atoms with Crippen molar-refractivity contribution < 1.29 is 23.5 Å². The number of allylic oxidation sites excluding steroid dienone is 1. The Labute approximate surface area is 253 Å². The number of carbonyl (C=O) groups is 2. The molecule has 0 aliphatic carbocycles. The molecule has 2 fully saturated rings. The van der Waals surface area contributed by atoms with Crippen LogP contribution in [0.15, 0.2) is 47.0 Å². The van der Waals surface area contributed by atoms with Gasteiger partial charge < -0.3 is 19.7 Å². The van der Waals surface area contributed by atoms with Crippen molar-refractivity contribution in [3.63, 3.8) is 0 Å². The molecule has 3 aliphatic rings. The Morgan fingerprint density at radius 2 is 1.77 bits per heavy atom. The number of hydrogen-bond acceptors (Lipinski definition) is 6. The van der Waals surface area contributed by atoms with E-state index in [0.29, 0.717) is 55.4 Å². The number of dihydropyridines is 1. The lowest BCUT2D eigenvalue weighted by Crippen LogP contribution is -2.40. The largest absolute Gasteiger partial charge is 0.381 e. The summed E-state index contributed by atoms with van der Waals surface area (Å²) in [6, 6.07) is 9.57. The average molecular weight is 591 g/mol. The van der Waals surface area contributed by atoms with E-state index in [0.717, 1.165) is 54.9 Å². The predicted octanol–water partition coefficient (Wildman–Crippen LogP) is 4.93. The maximum absolute atomic E-state index is 15.5. The third-order valence-corrected chi connectivity index (χ3v) is 8.83. The summed E-state index contributed by atoms with van der Waals surface area (Å²) in [7, 11) is 0. The summed E-state index contributed by atoms with van der Waals surface area (Å²) in [4.78, 5) is 34.9. The molecular weight excluding hydrogens is 547 g/mol. The van der Waals surface area contributed by atoms with E-state index in [2.05, 4.69) is 33.1 Å². The third-order valence-electron chi connectivity index (χ3n) is 8.83. The minimum absolute atomic E-state index is 0.165. The summed E-state index contributed by atoms with van der Waals surface area (Å²) in [5, 5.41) is 3.00. The first-order chi connectivity index (χ1) is 20.7. The zero-order valence-electron chi connectivity index (χ0n) is 25.7. The van der Waals surface area contributed by atoms with Gasteiger partial charge in [0.05, 0.1) is 19.1 Å². The molecule has 9 heteroatoms. The number of aliphatic imine (C=N–C) groups is 1. The van der Waals surface area contributed by atoms with Crippen molar-refractivity contribution in [2.24, 2.45) is 10.9 Å². The van der Waals surface area contributed by atoms with Crippen LogP contribution in [0.3, 0.4) is 0 Å². The smallest absolute Gasteiger partial charge is 0.254 e. The Morgan fingerprint density at radius 1 is 1.05 bits per heavy atom. The number of benzene rings is 2. The van der Waals surface area contributed by atoms with Crippen LogP contribution in [0.5, 0.6) is 0 Å². The van der Waals surface area contributed by atoms with Crippen molar-refractivity contribution in [1.29, 1.82) is 0 Å². The number of ether oxygens (including phenoxy) is 2. The van der Waals surface area contributed by atoms with E-state index in [4.69, 9.17) is 9.47 Å². The highest BCUT2D eigenvalue weighted by atomic mass is 19.1. The van der Waals surface area contributed by atoms with Gasteiger partial charge in [0, 0.05) is 74.5 Å². The van der Waals surface area contributed by atoms with E-state index in [1.807, 2.05) is 38.1 Å². The molecule has 1 unspecified atom stereocenters. The van der Waals surface area contributed by atoms with Crippen LogP contribution in [-0.4, -0.2) is 81.1 Å². The van der Waals surface area contributed by atoms with Gasteiger partial charge in [-0.25, -0.2) is 9.38 Å². The first-order valence-electron chi connectivity index (χ1n) is 15.4. The Balaban J connectivity index is 1.47. The second-order valence-electron chi connectivity index (χ2n) is 11.7. The number of nitrogens with one attached hydrogen (secondary N) is 1. The molecule has 1 atom stereocenters. The van der Waals surface area contributed by atoms with Gasteiger partial charge in [0.2, 0.25) is 0 Å². The molecule has 2 saturated heterocycles. The first kappa shape index (κ1) is 31.0. The molecule has 2 amide bonds. The van der Waals surface area contributed by atoms with E-state index in [1.165, 1.54) is 0 Å². The van der Waals surface area contributed by atoms with Crippen molar-refractivity contribution in [2.45, 2.75) is 53.1 Å². The molecule has 3 heterocycles. The first-order valence-corrected chi connectivity index (χ1v) is 15.4. The summed E-state index contributed by atoms with van der Waals surface area (Å²) >= 11 is 0. The van der Waals surface area contributed by atoms with Gasteiger partial charge in [0.1, 0.15) is 5.82 Å². The zero-order chi connectivity index (χ0) is 30.5. The summed E-state index contributed by atoms with van der Waals surface area (Å²) in [6.45, 7) is 13.5. The van der Waals surface area contributed by atoms with Gasteiger partial charge in [-0.2, -0.15) is 0 Å². The minimum atomic E-state index is -0.488. The van der Waals surface area contributed by atoms with Crippen molar-refractivity contribution in [1.82, 2.24) is 10.2 Å². The zero-order valence-corrected chi connectivity index (χ0v) is 25.7. The Morgan fingerprint density at radius 3 is 2.44 bits per heavy atom. The van der Waals surface area contributed by atoms with Crippen LogP contribution in [0.25, 0.3) is 11.1 Å². The van der Waals surface area contributed by atoms with Gasteiger partial charge >= 0.3 is 0 Å². The Hall–Kier alpha value is -3.40. The van der Waals surface area contributed by atoms with Crippen molar-refractivity contribution in [3.05, 3.63) is 64.5 Å². The number of anilines is 1. The second kappa shape index (κ2) is 13.9. The number of nitrogens with zero attached hydrogens (tertiary/aromatic N) is 3. The number of morpholine rings is 1. The maximum Gasteiger partial charge on any atom is 0.254 e. The summed E-state index contributed by atoms with van der Waals surface area (Å²) in [5.41, 5.74) is 6.02. The molecule has 2 aromatic carbocycles. The fourth-order valence-electron chi connectivity index (χ4n) is 6.32. The van der Waals surface area contributed by atoms with E-state index in [-0.39, 0.29) is 30.2 Å². The lowest BCUT2D eigenvalue weighted by Gasteiger charge is -2.37. The summed E-state index contributed by atoms with van der Waals surface area (Å²) in [6.07, 6.45) is 3.69. The number of rotatable bonds is 9. The molecule has 0 aromatic heterocycles. The third kappa shape index (κ3) is 7.22. The van der Waals surface area contributed by atoms with Crippen LogP contribution in [0, 0.1) is 18.7 Å². The predicted molar refractivity (Wildman–Crippen MR) is 167 cm³/mol. The molecule has 2 aromatic rings. The fraction of sp³-hybridized carbons (Fsp3) is 0.500. The normalized spacial score (nSPS) is 20.0. The molecular formula is C34H43FN4O4. The second-order valence-corrected chi connectivity index (χ2v) is 11.7. The molecule has 5 rings (SSSR count). The van der Waals surface area contributed by atoms with Gasteiger partial charge in [-0.05, 0) is 81.5 Å². The molecule has 8 nitrogen and oxygen atoms in total. The van der Waals surface area contributed by atoms with Gasteiger partial charge in [-0.3, -0.25) is 14.5 Å². The van der Waals surface area contributed by atoms with Crippen molar-refractivity contribution in [2.75, 3.05) is 57.5 Å². The highest BCUT2D eigenvalue weighted by Crippen LogP contribution is 2.34. The van der Waals surface area contributed by atoms with Gasteiger partial charge in [-0.1, -0.05) is 17.7 Å². The molecule has 0 spiro atoms. The molecule has 43 heavy (non-hydrogen) atoms. The molecule has 0 radical (unpaired) electrons. The molecule has 230 valence electrons.